The smallest absolute Gasteiger partial charge is 0.221 e. The number of nitrogens with one attached hydrogen (secondary N) is 2. The molecule has 0 spiro atoms. The van der Waals surface area contributed by atoms with Crippen LogP contribution in [0.15, 0.2) is 0 Å². The molecule has 0 rings (SSSR count). The van der Waals surface area contributed by atoms with Gasteiger partial charge in [-0.3, -0.25) is 9.59 Å². The molecule has 88 valence electrons. The molecule has 0 atom stereocenters. The fourth-order valence-electron chi connectivity index (χ4n) is 1.30. The molecule has 5 nitrogen and oxygen atoms in total. The minimum atomic E-state index is -0.560. The first kappa shape index (κ1) is 13.9. The van der Waals surface area contributed by atoms with Gasteiger partial charge in [0.1, 0.15) is 0 Å². The van der Waals surface area contributed by atoms with E-state index in [2.05, 4.69) is 10.6 Å². The Kier molecular flexibility index (Phi) is 5.93. The highest BCUT2D eigenvalue weighted by Crippen LogP contribution is 2.07. The summed E-state index contributed by atoms with van der Waals surface area (Å²) in [6, 6.07) is 0. The molecule has 4 N–H and O–H groups in total. The van der Waals surface area contributed by atoms with Crippen LogP contribution in [0.5, 0.6) is 0 Å². The van der Waals surface area contributed by atoms with E-state index < -0.39 is 11.4 Å². The number of carbonyl (C=O) groups excluding carboxylic acids is 2. The van der Waals surface area contributed by atoms with Crippen molar-refractivity contribution >= 4 is 11.8 Å². The van der Waals surface area contributed by atoms with Crippen molar-refractivity contribution in [1.29, 1.82) is 0 Å². The summed E-state index contributed by atoms with van der Waals surface area (Å²) in [6.45, 7) is 7.04. The molecule has 0 aliphatic carbocycles. The van der Waals surface area contributed by atoms with Crippen LogP contribution in [0.3, 0.4) is 0 Å². The summed E-state index contributed by atoms with van der Waals surface area (Å²) in [4.78, 5) is 22.1. The number of hydrogen-bond acceptors (Lipinski definition) is 3. The van der Waals surface area contributed by atoms with E-state index in [4.69, 9.17) is 5.73 Å². The molecule has 0 unspecified atom stereocenters. The van der Waals surface area contributed by atoms with Crippen LogP contribution in [0.1, 0.15) is 33.6 Å². The first-order chi connectivity index (χ1) is 6.87. The predicted molar refractivity (Wildman–Crippen MR) is 59.2 cm³/mol. The summed E-state index contributed by atoms with van der Waals surface area (Å²) in [5, 5.41) is 5.82. The lowest BCUT2D eigenvalue weighted by molar-refractivity contribution is -0.123. The van der Waals surface area contributed by atoms with Crippen LogP contribution < -0.4 is 16.4 Å². The molecular weight excluding hydrogens is 194 g/mol. The van der Waals surface area contributed by atoms with Gasteiger partial charge in [-0.1, -0.05) is 6.92 Å². The lowest BCUT2D eigenvalue weighted by Crippen LogP contribution is -2.46. The second-order valence-corrected chi connectivity index (χ2v) is 4.18. The van der Waals surface area contributed by atoms with Crippen LogP contribution in [0.4, 0.5) is 0 Å². The summed E-state index contributed by atoms with van der Waals surface area (Å²) in [5.74, 6) is -0.478. The average molecular weight is 215 g/mol. The van der Waals surface area contributed by atoms with E-state index >= 15 is 0 Å². The number of rotatable bonds is 7. The summed E-state index contributed by atoms with van der Waals surface area (Å²) in [6.07, 6.45) is 0.565. The average Bonchev–Trinajstić information content (AvgIpc) is 2.00. The minimum absolute atomic E-state index is 0.0674. The van der Waals surface area contributed by atoms with Gasteiger partial charge in [0.15, 0.2) is 0 Å². The molecule has 0 heterocycles. The second kappa shape index (κ2) is 6.40. The maximum absolute atomic E-state index is 11.4. The maximum atomic E-state index is 11.4. The monoisotopic (exact) mass is 215 g/mol. The lowest BCUT2D eigenvalue weighted by Gasteiger charge is -2.24. The van der Waals surface area contributed by atoms with E-state index in [9.17, 15) is 9.59 Å². The number of primary amides is 1. The Morgan fingerprint density at radius 3 is 2.40 bits per heavy atom. The van der Waals surface area contributed by atoms with Crippen molar-refractivity contribution in [2.45, 2.75) is 39.2 Å². The van der Waals surface area contributed by atoms with E-state index in [1.165, 1.54) is 0 Å². The number of nitrogens with two attached hydrogens (primary N) is 1. The molecule has 0 saturated carbocycles. The number of hydrogen-bond donors (Lipinski definition) is 3. The molecule has 2 amide bonds. The van der Waals surface area contributed by atoms with E-state index in [1.54, 1.807) is 13.8 Å². The maximum Gasteiger partial charge on any atom is 0.221 e. The van der Waals surface area contributed by atoms with Crippen LogP contribution >= 0.6 is 0 Å². The molecule has 0 radical (unpaired) electrons. The van der Waals surface area contributed by atoms with Crippen LogP contribution in [-0.4, -0.2) is 30.4 Å². The van der Waals surface area contributed by atoms with Gasteiger partial charge in [0, 0.05) is 24.9 Å². The molecule has 0 saturated heterocycles. The molecule has 0 aromatic heterocycles. The van der Waals surface area contributed by atoms with Crippen molar-refractivity contribution in [3.05, 3.63) is 0 Å². The minimum Gasteiger partial charge on any atom is -0.370 e. The topological polar surface area (TPSA) is 84.2 Å². The van der Waals surface area contributed by atoms with E-state index in [1.807, 2.05) is 6.92 Å². The van der Waals surface area contributed by atoms with Crippen molar-refractivity contribution in [2.24, 2.45) is 5.73 Å². The molecule has 0 aromatic rings. The third-order valence-corrected chi connectivity index (χ3v) is 1.87. The van der Waals surface area contributed by atoms with Crippen molar-refractivity contribution < 1.29 is 9.59 Å². The number of carbonyl (C=O) groups is 2. The molecular formula is C10H21N3O2. The third kappa shape index (κ3) is 7.93. The highest BCUT2D eigenvalue weighted by Gasteiger charge is 2.22. The highest BCUT2D eigenvalue weighted by atomic mass is 16.2. The summed E-state index contributed by atoms with van der Waals surface area (Å²) in [7, 11) is 0. The first-order valence-corrected chi connectivity index (χ1v) is 5.17. The van der Waals surface area contributed by atoms with Crippen LogP contribution in [0.25, 0.3) is 0 Å². The van der Waals surface area contributed by atoms with Crippen LogP contribution in [0.2, 0.25) is 0 Å². The highest BCUT2D eigenvalue weighted by molar-refractivity contribution is 5.79. The van der Waals surface area contributed by atoms with Crippen molar-refractivity contribution in [3.63, 3.8) is 0 Å². The Morgan fingerprint density at radius 2 is 1.93 bits per heavy atom. The Balaban J connectivity index is 3.88. The Morgan fingerprint density at radius 1 is 1.33 bits per heavy atom. The van der Waals surface area contributed by atoms with Gasteiger partial charge in [0.05, 0.1) is 0 Å². The summed E-state index contributed by atoms with van der Waals surface area (Å²) < 4.78 is 0. The molecule has 0 fully saturated rings. The molecule has 5 heteroatoms. The fraction of sp³-hybridized carbons (Fsp3) is 0.800. The summed E-state index contributed by atoms with van der Waals surface area (Å²) in [5.41, 5.74) is 4.51. The fourth-order valence-corrected chi connectivity index (χ4v) is 1.30. The van der Waals surface area contributed by atoms with Crippen molar-refractivity contribution in [3.8, 4) is 0 Å². The zero-order chi connectivity index (χ0) is 11.9. The van der Waals surface area contributed by atoms with E-state index in [-0.39, 0.29) is 12.3 Å². The van der Waals surface area contributed by atoms with Gasteiger partial charge >= 0.3 is 0 Å². The zero-order valence-electron chi connectivity index (χ0n) is 9.72. The molecule has 15 heavy (non-hydrogen) atoms. The largest absolute Gasteiger partial charge is 0.370 e. The van der Waals surface area contributed by atoms with Gasteiger partial charge in [-0.15, -0.1) is 0 Å². The Labute approximate surface area is 90.8 Å². The SMILES string of the molecule is CCNCCC(=O)NC(C)(C)CC(N)=O. The van der Waals surface area contributed by atoms with Crippen molar-refractivity contribution in [2.75, 3.05) is 13.1 Å². The normalized spacial score (nSPS) is 11.1. The zero-order valence-corrected chi connectivity index (χ0v) is 9.72. The molecule has 0 aliphatic rings. The van der Waals surface area contributed by atoms with Gasteiger partial charge in [-0.05, 0) is 20.4 Å². The van der Waals surface area contributed by atoms with E-state index in [0.29, 0.717) is 13.0 Å². The first-order valence-electron chi connectivity index (χ1n) is 5.17. The summed E-state index contributed by atoms with van der Waals surface area (Å²) >= 11 is 0. The lowest BCUT2D eigenvalue weighted by atomic mass is 10.00. The van der Waals surface area contributed by atoms with Crippen LogP contribution in [0, 0.1) is 0 Å². The van der Waals surface area contributed by atoms with Gasteiger partial charge in [0.2, 0.25) is 11.8 Å². The standard InChI is InChI=1S/C10H21N3O2/c1-4-12-6-5-9(15)13-10(2,3)7-8(11)14/h12H,4-7H2,1-3H3,(H2,11,14)(H,13,15). The molecule has 0 bridgehead atoms. The molecule has 0 aliphatic heterocycles. The van der Waals surface area contributed by atoms with Gasteiger partial charge in [-0.2, -0.15) is 0 Å². The molecule has 0 aromatic carbocycles. The second-order valence-electron chi connectivity index (χ2n) is 4.18. The quantitative estimate of drug-likeness (QED) is 0.512. The third-order valence-electron chi connectivity index (χ3n) is 1.87. The Hall–Kier alpha value is -1.10. The van der Waals surface area contributed by atoms with Crippen LogP contribution in [-0.2, 0) is 9.59 Å². The Bertz CT molecular complexity index is 227. The predicted octanol–water partition coefficient (Wildman–Crippen LogP) is -0.244. The van der Waals surface area contributed by atoms with Gasteiger partial charge < -0.3 is 16.4 Å². The van der Waals surface area contributed by atoms with Crippen molar-refractivity contribution in [1.82, 2.24) is 10.6 Å². The van der Waals surface area contributed by atoms with Gasteiger partial charge in [-0.25, -0.2) is 0 Å². The number of amides is 2. The van der Waals surface area contributed by atoms with E-state index in [0.717, 1.165) is 6.54 Å². The van der Waals surface area contributed by atoms with Gasteiger partial charge in [0.25, 0.3) is 0 Å².